The number of alkyl halides is 1. The van der Waals surface area contributed by atoms with Crippen molar-refractivity contribution in [3.05, 3.63) is 34.4 Å². The number of ether oxygens (including phenoxy) is 1. The first-order valence-corrected chi connectivity index (χ1v) is 6.00. The minimum absolute atomic E-state index is 0.130. The molecule has 0 spiro atoms. The molecule has 0 saturated carbocycles. The Bertz CT molecular complexity index is 463. The monoisotopic (exact) mass is 251 g/mol. The van der Waals surface area contributed by atoms with E-state index < -0.39 is 5.97 Å². The second-order valence-electron chi connectivity index (χ2n) is 3.45. The van der Waals surface area contributed by atoms with Gasteiger partial charge in [-0.2, -0.15) is 5.26 Å². The van der Waals surface area contributed by atoms with E-state index in [9.17, 15) is 4.79 Å². The number of hydrogen-bond acceptors (Lipinski definition) is 3. The van der Waals surface area contributed by atoms with Crippen LogP contribution in [0.4, 0.5) is 0 Å². The summed E-state index contributed by atoms with van der Waals surface area (Å²) in [7, 11) is 0. The molecule has 0 saturated heterocycles. The van der Waals surface area contributed by atoms with Gasteiger partial charge in [0, 0.05) is 5.88 Å². The number of aryl methyl sites for hydroxylation is 1. The van der Waals surface area contributed by atoms with Gasteiger partial charge in [0.05, 0.1) is 23.8 Å². The van der Waals surface area contributed by atoms with Crippen LogP contribution in [-0.4, -0.2) is 12.6 Å². The molecule has 0 fully saturated rings. The van der Waals surface area contributed by atoms with E-state index >= 15 is 0 Å². The molecule has 0 radical (unpaired) electrons. The van der Waals surface area contributed by atoms with Crippen molar-refractivity contribution in [3.8, 4) is 6.07 Å². The summed E-state index contributed by atoms with van der Waals surface area (Å²) < 4.78 is 5.01. The fourth-order valence-corrected chi connectivity index (χ4v) is 1.97. The molecule has 1 rings (SSSR count). The minimum atomic E-state index is -0.405. The molecule has 0 aliphatic heterocycles. The number of nitriles is 1. The third-order valence-corrected chi connectivity index (χ3v) is 2.78. The summed E-state index contributed by atoms with van der Waals surface area (Å²) in [6, 6.07) is 5.52. The maximum absolute atomic E-state index is 11.9. The number of hydrogen-bond donors (Lipinski definition) is 0. The molecule has 0 bridgehead atoms. The first-order valence-electron chi connectivity index (χ1n) is 5.47. The number of benzene rings is 1. The molecule has 4 heteroatoms. The summed E-state index contributed by atoms with van der Waals surface area (Å²) in [4.78, 5) is 11.9. The summed E-state index contributed by atoms with van der Waals surface area (Å²) >= 11 is 5.83. The summed E-state index contributed by atoms with van der Waals surface area (Å²) in [5.74, 6) is -0.276. The quantitative estimate of drug-likeness (QED) is 0.610. The van der Waals surface area contributed by atoms with Crippen molar-refractivity contribution in [3.63, 3.8) is 0 Å². The van der Waals surface area contributed by atoms with Gasteiger partial charge in [-0.15, -0.1) is 11.6 Å². The van der Waals surface area contributed by atoms with E-state index in [2.05, 4.69) is 0 Å². The van der Waals surface area contributed by atoms with Crippen LogP contribution in [0.25, 0.3) is 0 Å². The van der Waals surface area contributed by atoms with E-state index in [1.54, 1.807) is 19.1 Å². The molecule has 1 aromatic rings. The van der Waals surface area contributed by atoms with Crippen LogP contribution >= 0.6 is 11.6 Å². The smallest absolute Gasteiger partial charge is 0.338 e. The van der Waals surface area contributed by atoms with Crippen molar-refractivity contribution in [2.75, 3.05) is 6.61 Å². The van der Waals surface area contributed by atoms with Crippen molar-refractivity contribution in [2.24, 2.45) is 0 Å². The van der Waals surface area contributed by atoms with Crippen LogP contribution in [0.2, 0.25) is 0 Å². The Morgan fingerprint density at radius 1 is 1.47 bits per heavy atom. The molecule has 0 amide bonds. The van der Waals surface area contributed by atoms with Gasteiger partial charge in [0.2, 0.25) is 0 Å². The molecule has 90 valence electrons. The van der Waals surface area contributed by atoms with E-state index in [-0.39, 0.29) is 5.88 Å². The molecule has 0 aromatic heterocycles. The predicted molar refractivity (Wildman–Crippen MR) is 66.0 cm³/mol. The van der Waals surface area contributed by atoms with Crippen molar-refractivity contribution < 1.29 is 9.53 Å². The van der Waals surface area contributed by atoms with Crippen LogP contribution in [0.15, 0.2) is 12.1 Å². The highest BCUT2D eigenvalue weighted by molar-refractivity contribution is 6.18. The number of rotatable bonds is 4. The summed E-state index contributed by atoms with van der Waals surface area (Å²) in [5, 5.41) is 8.99. The van der Waals surface area contributed by atoms with E-state index in [0.29, 0.717) is 29.7 Å². The van der Waals surface area contributed by atoms with Crippen LogP contribution < -0.4 is 0 Å². The van der Waals surface area contributed by atoms with E-state index in [1.165, 1.54) is 0 Å². The zero-order valence-corrected chi connectivity index (χ0v) is 10.7. The average molecular weight is 252 g/mol. The third-order valence-electron chi connectivity index (χ3n) is 2.51. The van der Waals surface area contributed by atoms with Gasteiger partial charge in [-0.1, -0.05) is 13.0 Å². The molecule has 17 heavy (non-hydrogen) atoms. The highest BCUT2D eigenvalue weighted by Gasteiger charge is 2.19. The number of nitrogens with zero attached hydrogens (tertiary/aromatic N) is 1. The Morgan fingerprint density at radius 2 is 2.18 bits per heavy atom. The normalized spacial score (nSPS) is 9.76. The van der Waals surface area contributed by atoms with Crippen molar-refractivity contribution in [1.29, 1.82) is 5.26 Å². The minimum Gasteiger partial charge on any atom is -0.462 e. The van der Waals surface area contributed by atoms with Gasteiger partial charge < -0.3 is 4.74 Å². The van der Waals surface area contributed by atoms with Crippen LogP contribution in [0.5, 0.6) is 0 Å². The Kier molecular flexibility index (Phi) is 4.99. The topological polar surface area (TPSA) is 50.1 Å². The largest absolute Gasteiger partial charge is 0.462 e. The average Bonchev–Trinajstić information content (AvgIpc) is 2.36. The number of halogens is 1. The number of carbonyl (C=O) groups excluding carboxylic acids is 1. The second kappa shape index (κ2) is 6.27. The van der Waals surface area contributed by atoms with Crippen LogP contribution in [0.1, 0.15) is 40.9 Å². The maximum atomic E-state index is 11.9. The van der Waals surface area contributed by atoms with Gasteiger partial charge in [-0.05, 0) is 30.5 Å². The molecule has 0 atom stereocenters. The van der Waals surface area contributed by atoms with E-state index in [1.807, 2.05) is 13.0 Å². The molecular formula is C13H14ClNO2. The molecule has 3 nitrogen and oxygen atoms in total. The highest BCUT2D eigenvalue weighted by Crippen LogP contribution is 2.22. The van der Waals surface area contributed by atoms with Crippen LogP contribution in [-0.2, 0) is 17.0 Å². The molecule has 0 aliphatic rings. The van der Waals surface area contributed by atoms with Gasteiger partial charge in [0.25, 0.3) is 0 Å². The number of carbonyl (C=O) groups is 1. The van der Waals surface area contributed by atoms with Gasteiger partial charge in [0.15, 0.2) is 0 Å². The molecule has 0 N–H and O–H groups in total. The number of esters is 1. The lowest BCUT2D eigenvalue weighted by molar-refractivity contribution is 0.0524. The van der Waals surface area contributed by atoms with Crippen LogP contribution in [0.3, 0.4) is 0 Å². The molecule has 0 aliphatic carbocycles. The van der Waals surface area contributed by atoms with Crippen LogP contribution in [0, 0.1) is 11.3 Å². The molecule has 1 aromatic carbocycles. The zero-order valence-electron chi connectivity index (χ0n) is 9.92. The Balaban J connectivity index is 3.41. The van der Waals surface area contributed by atoms with Crippen molar-refractivity contribution >= 4 is 17.6 Å². The van der Waals surface area contributed by atoms with Gasteiger partial charge in [0.1, 0.15) is 0 Å². The zero-order chi connectivity index (χ0) is 12.8. The summed E-state index contributed by atoms with van der Waals surface area (Å²) in [6.45, 7) is 4.00. The summed E-state index contributed by atoms with van der Waals surface area (Å²) in [6.07, 6.45) is 0.698. The fourth-order valence-electron chi connectivity index (χ4n) is 1.69. The molecular weight excluding hydrogens is 238 g/mol. The predicted octanol–water partition coefficient (Wildman–Crippen LogP) is 3.04. The third kappa shape index (κ3) is 2.78. The fraction of sp³-hybridized carbons (Fsp3) is 0.385. The Morgan fingerprint density at radius 3 is 2.65 bits per heavy atom. The maximum Gasteiger partial charge on any atom is 0.338 e. The van der Waals surface area contributed by atoms with Gasteiger partial charge >= 0.3 is 5.97 Å². The molecule has 0 unspecified atom stereocenters. The lowest BCUT2D eigenvalue weighted by Crippen LogP contribution is -2.12. The lowest BCUT2D eigenvalue weighted by atomic mass is 9.96. The Labute approximate surface area is 106 Å². The van der Waals surface area contributed by atoms with E-state index in [0.717, 1.165) is 5.56 Å². The lowest BCUT2D eigenvalue weighted by Gasteiger charge is -2.12. The SMILES string of the molecule is CCOC(=O)c1c(CC)ccc(C#N)c1CCl. The van der Waals surface area contributed by atoms with Crippen molar-refractivity contribution in [1.82, 2.24) is 0 Å². The summed E-state index contributed by atoms with van der Waals surface area (Å²) in [5.41, 5.74) is 2.30. The van der Waals surface area contributed by atoms with Crippen molar-refractivity contribution in [2.45, 2.75) is 26.1 Å². The highest BCUT2D eigenvalue weighted by atomic mass is 35.5. The van der Waals surface area contributed by atoms with Gasteiger partial charge in [-0.25, -0.2) is 4.79 Å². The first kappa shape index (κ1) is 13.5. The van der Waals surface area contributed by atoms with E-state index in [4.69, 9.17) is 21.6 Å². The standard InChI is InChI=1S/C13H14ClNO2/c1-3-9-5-6-10(8-15)11(7-14)12(9)13(16)17-4-2/h5-6H,3-4,7H2,1-2H3. The second-order valence-corrected chi connectivity index (χ2v) is 3.71. The molecule has 0 heterocycles. The Hall–Kier alpha value is -1.53. The first-order chi connectivity index (χ1) is 8.19. The van der Waals surface area contributed by atoms with Gasteiger partial charge in [-0.3, -0.25) is 0 Å².